The van der Waals surface area contributed by atoms with Gasteiger partial charge in [-0.1, -0.05) is 0 Å². The molecule has 0 aliphatic carbocycles. The van der Waals surface area contributed by atoms with Crippen LogP contribution in [0.5, 0.6) is 0 Å². The van der Waals surface area contributed by atoms with Gasteiger partial charge in [0.25, 0.3) is 0 Å². The van der Waals surface area contributed by atoms with Gasteiger partial charge in [-0.25, -0.2) is 27.4 Å². The molecule has 1 fully saturated rings. The SMILES string of the molecule is NS(=O)(=O)c1ccc(-n2nc(C(=O)OCCCN3CCOCC3)cc2-c2ccc(F)cc2)cc1. The van der Waals surface area contributed by atoms with Crippen LogP contribution in [0, 0.1) is 5.82 Å². The monoisotopic (exact) mass is 488 g/mol. The molecule has 0 radical (unpaired) electrons. The molecule has 1 aliphatic heterocycles. The second-order valence-corrected chi connectivity index (χ2v) is 9.38. The molecule has 180 valence electrons. The van der Waals surface area contributed by atoms with Crippen LogP contribution < -0.4 is 5.14 Å². The van der Waals surface area contributed by atoms with Crippen molar-refractivity contribution in [2.45, 2.75) is 11.3 Å². The van der Waals surface area contributed by atoms with Crippen molar-refractivity contribution in [1.29, 1.82) is 0 Å². The van der Waals surface area contributed by atoms with Gasteiger partial charge in [-0.3, -0.25) is 4.90 Å². The predicted octanol–water partition coefficient (Wildman–Crippen LogP) is 2.20. The van der Waals surface area contributed by atoms with E-state index in [9.17, 15) is 17.6 Å². The summed E-state index contributed by atoms with van der Waals surface area (Å²) in [7, 11) is -3.85. The Labute approximate surface area is 196 Å². The maximum absolute atomic E-state index is 13.4. The Morgan fingerprint density at radius 2 is 1.76 bits per heavy atom. The Kier molecular flexibility index (Phi) is 7.37. The average Bonchev–Trinajstić information content (AvgIpc) is 3.28. The lowest BCUT2D eigenvalue weighted by Gasteiger charge is -2.26. The number of primary sulfonamides is 1. The van der Waals surface area contributed by atoms with E-state index in [2.05, 4.69) is 10.00 Å². The van der Waals surface area contributed by atoms with E-state index in [1.165, 1.54) is 41.1 Å². The first-order valence-electron chi connectivity index (χ1n) is 10.8. The summed E-state index contributed by atoms with van der Waals surface area (Å²) in [6.45, 7) is 4.21. The van der Waals surface area contributed by atoms with Crippen LogP contribution in [-0.4, -0.2) is 68.5 Å². The van der Waals surface area contributed by atoms with E-state index in [1.54, 1.807) is 18.2 Å². The Morgan fingerprint density at radius 1 is 1.09 bits per heavy atom. The third-order valence-electron chi connectivity index (χ3n) is 5.42. The number of halogens is 1. The number of benzene rings is 2. The molecule has 1 aliphatic rings. The Bertz CT molecular complexity index is 1240. The summed E-state index contributed by atoms with van der Waals surface area (Å²) in [5.41, 5.74) is 1.72. The fraction of sp³-hybridized carbons (Fsp3) is 0.304. The summed E-state index contributed by atoms with van der Waals surface area (Å²) >= 11 is 0. The minimum atomic E-state index is -3.85. The standard InChI is InChI=1S/C23H25FN4O5S/c24-18-4-2-17(3-5-18)22-16-21(23(29)33-13-1-10-27-11-14-32-15-12-27)26-28(22)19-6-8-20(9-7-19)34(25,30)31/h2-9,16H,1,10-15H2,(H2,25,30,31). The number of aromatic nitrogens is 2. The van der Waals surface area contributed by atoms with Crippen molar-refractivity contribution < 1.29 is 27.1 Å². The molecule has 0 spiro atoms. The number of rotatable bonds is 8. The quantitative estimate of drug-likeness (QED) is 0.382. The number of carbonyl (C=O) groups is 1. The highest BCUT2D eigenvalue weighted by molar-refractivity contribution is 7.89. The lowest BCUT2D eigenvalue weighted by molar-refractivity contribution is 0.0296. The zero-order chi connectivity index (χ0) is 24.1. The number of nitrogens with zero attached hydrogens (tertiary/aromatic N) is 3. The highest BCUT2D eigenvalue weighted by Gasteiger charge is 2.19. The average molecular weight is 489 g/mol. The number of carbonyl (C=O) groups excluding carboxylic acids is 1. The minimum Gasteiger partial charge on any atom is -0.461 e. The van der Waals surface area contributed by atoms with E-state index in [0.29, 0.717) is 36.6 Å². The number of nitrogens with two attached hydrogens (primary N) is 1. The van der Waals surface area contributed by atoms with Gasteiger partial charge >= 0.3 is 5.97 Å². The van der Waals surface area contributed by atoms with E-state index in [1.807, 2.05) is 0 Å². The highest BCUT2D eigenvalue weighted by Crippen LogP contribution is 2.25. The van der Waals surface area contributed by atoms with Crippen LogP contribution in [0.15, 0.2) is 59.5 Å². The van der Waals surface area contributed by atoms with Crippen molar-refractivity contribution in [2.75, 3.05) is 39.5 Å². The number of hydrogen-bond donors (Lipinski definition) is 1. The molecule has 0 unspecified atom stereocenters. The Hall–Kier alpha value is -3.12. The van der Waals surface area contributed by atoms with Crippen LogP contribution >= 0.6 is 0 Å². The van der Waals surface area contributed by atoms with Gasteiger partial charge in [0.05, 0.1) is 36.1 Å². The van der Waals surface area contributed by atoms with Crippen LogP contribution in [0.3, 0.4) is 0 Å². The molecule has 11 heteroatoms. The first-order valence-corrected chi connectivity index (χ1v) is 12.3. The fourth-order valence-electron chi connectivity index (χ4n) is 3.63. The molecule has 1 saturated heterocycles. The molecular weight excluding hydrogens is 463 g/mol. The molecule has 4 rings (SSSR count). The summed E-state index contributed by atoms with van der Waals surface area (Å²) in [6, 6.07) is 13.1. The second-order valence-electron chi connectivity index (χ2n) is 7.82. The van der Waals surface area contributed by atoms with Gasteiger partial charge in [0, 0.05) is 25.2 Å². The van der Waals surface area contributed by atoms with Gasteiger partial charge in [0.1, 0.15) is 5.82 Å². The van der Waals surface area contributed by atoms with Crippen LogP contribution in [0.4, 0.5) is 4.39 Å². The molecule has 0 atom stereocenters. The van der Waals surface area contributed by atoms with Crippen molar-refractivity contribution in [3.8, 4) is 16.9 Å². The first kappa shape index (κ1) is 24.0. The van der Waals surface area contributed by atoms with Crippen molar-refractivity contribution in [2.24, 2.45) is 5.14 Å². The summed E-state index contributed by atoms with van der Waals surface area (Å²) in [6.07, 6.45) is 0.687. The van der Waals surface area contributed by atoms with Gasteiger partial charge in [-0.15, -0.1) is 0 Å². The fourth-order valence-corrected chi connectivity index (χ4v) is 4.15. The van der Waals surface area contributed by atoms with Crippen LogP contribution in [0.2, 0.25) is 0 Å². The molecule has 2 aromatic carbocycles. The van der Waals surface area contributed by atoms with Gasteiger partial charge in [0.2, 0.25) is 10.0 Å². The first-order chi connectivity index (χ1) is 16.3. The summed E-state index contributed by atoms with van der Waals surface area (Å²) < 4.78 is 48.8. The van der Waals surface area contributed by atoms with Gasteiger partial charge in [-0.05, 0) is 61.0 Å². The largest absolute Gasteiger partial charge is 0.461 e. The third-order valence-corrected chi connectivity index (χ3v) is 6.35. The maximum Gasteiger partial charge on any atom is 0.358 e. The van der Waals surface area contributed by atoms with Gasteiger partial charge in [-0.2, -0.15) is 5.10 Å². The van der Waals surface area contributed by atoms with E-state index in [4.69, 9.17) is 14.6 Å². The number of morpholine rings is 1. The van der Waals surface area contributed by atoms with Crippen molar-refractivity contribution >= 4 is 16.0 Å². The molecule has 34 heavy (non-hydrogen) atoms. The molecule has 2 N–H and O–H groups in total. The number of sulfonamides is 1. The van der Waals surface area contributed by atoms with Gasteiger partial charge < -0.3 is 9.47 Å². The van der Waals surface area contributed by atoms with Gasteiger partial charge in [0.15, 0.2) is 5.69 Å². The highest BCUT2D eigenvalue weighted by atomic mass is 32.2. The van der Waals surface area contributed by atoms with E-state index in [-0.39, 0.29) is 17.2 Å². The molecular formula is C23H25FN4O5S. The lowest BCUT2D eigenvalue weighted by Crippen LogP contribution is -2.37. The molecule has 1 aromatic heterocycles. The predicted molar refractivity (Wildman–Crippen MR) is 122 cm³/mol. The number of esters is 1. The summed E-state index contributed by atoms with van der Waals surface area (Å²) in [5.74, 6) is -0.975. The van der Waals surface area contributed by atoms with Crippen molar-refractivity contribution in [1.82, 2.24) is 14.7 Å². The maximum atomic E-state index is 13.4. The minimum absolute atomic E-state index is 0.0494. The van der Waals surface area contributed by atoms with E-state index < -0.39 is 21.8 Å². The van der Waals surface area contributed by atoms with Crippen LogP contribution in [0.1, 0.15) is 16.9 Å². The Morgan fingerprint density at radius 3 is 2.41 bits per heavy atom. The Balaban J connectivity index is 1.53. The van der Waals surface area contributed by atoms with Crippen LogP contribution in [-0.2, 0) is 19.5 Å². The van der Waals surface area contributed by atoms with Crippen LogP contribution in [0.25, 0.3) is 16.9 Å². The zero-order valence-corrected chi connectivity index (χ0v) is 19.2. The molecule has 0 saturated carbocycles. The normalized spacial score (nSPS) is 14.8. The van der Waals surface area contributed by atoms with Crippen molar-refractivity contribution in [3.63, 3.8) is 0 Å². The molecule has 0 bridgehead atoms. The third kappa shape index (κ3) is 5.86. The molecule has 2 heterocycles. The smallest absolute Gasteiger partial charge is 0.358 e. The van der Waals surface area contributed by atoms with E-state index in [0.717, 1.165) is 19.6 Å². The summed E-state index contributed by atoms with van der Waals surface area (Å²) in [4.78, 5) is 14.9. The topological polar surface area (TPSA) is 117 Å². The summed E-state index contributed by atoms with van der Waals surface area (Å²) in [5, 5.41) is 9.55. The lowest BCUT2D eigenvalue weighted by atomic mass is 10.1. The molecule has 0 amide bonds. The van der Waals surface area contributed by atoms with E-state index >= 15 is 0 Å². The van der Waals surface area contributed by atoms with Crippen molar-refractivity contribution in [3.05, 3.63) is 66.1 Å². The molecule has 9 nitrogen and oxygen atoms in total. The zero-order valence-electron chi connectivity index (χ0n) is 18.4. The second kappa shape index (κ2) is 10.4. The molecule has 3 aromatic rings. The number of hydrogen-bond acceptors (Lipinski definition) is 7. The number of ether oxygens (including phenoxy) is 2.